The number of benzene rings is 1. The first-order chi connectivity index (χ1) is 16.5. The first-order valence-corrected chi connectivity index (χ1v) is 11.8. The van der Waals surface area contributed by atoms with Crippen LogP contribution in [0, 0.1) is 27.4 Å². The van der Waals surface area contributed by atoms with Crippen LogP contribution in [0.3, 0.4) is 0 Å². The highest BCUT2D eigenvalue weighted by molar-refractivity contribution is 5.80. The lowest BCUT2D eigenvalue weighted by Crippen LogP contribution is -2.52. The van der Waals surface area contributed by atoms with Gasteiger partial charge in [0.1, 0.15) is 18.1 Å². The normalized spacial score (nSPS) is 22.5. The van der Waals surface area contributed by atoms with E-state index in [1.54, 1.807) is 0 Å². The number of hydrogen-bond donors (Lipinski definition) is 0. The average molecular weight is 498 g/mol. The minimum Gasteiger partial charge on any atom is -0.496 e. The number of halogens is 2. The Morgan fingerprint density at radius 3 is 2.34 bits per heavy atom. The summed E-state index contributed by atoms with van der Waals surface area (Å²) in [6.07, 6.45) is 4.83. The molecule has 35 heavy (non-hydrogen) atoms. The topological polar surface area (TPSA) is 97.1 Å². The maximum absolute atomic E-state index is 15.0. The monoisotopic (exact) mass is 497 g/mol. The minimum absolute atomic E-state index is 0.0750. The quantitative estimate of drug-likeness (QED) is 0.125. The zero-order valence-electron chi connectivity index (χ0n) is 20.8. The smallest absolute Gasteiger partial charge is 0.381 e. The van der Waals surface area contributed by atoms with Crippen molar-refractivity contribution in [3.05, 3.63) is 45.0 Å². The molecule has 8 nitrogen and oxygen atoms in total. The van der Waals surface area contributed by atoms with Gasteiger partial charge in [-0.1, -0.05) is 39.7 Å². The van der Waals surface area contributed by atoms with Gasteiger partial charge in [-0.05, 0) is 47.8 Å². The number of fused-ring (bicyclic) bond motifs is 1. The van der Waals surface area contributed by atoms with Gasteiger partial charge in [-0.25, -0.2) is 4.79 Å². The van der Waals surface area contributed by atoms with Crippen molar-refractivity contribution in [1.29, 1.82) is 0 Å². The lowest BCUT2D eigenvalue weighted by atomic mass is 9.45. The predicted octanol–water partition coefficient (Wildman–Crippen LogP) is 5.42. The number of hydrogen-bond acceptors (Lipinski definition) is 7. The molecule has 4 rings (SSSR count). The average Bonchev–Trinajstić information content (AvgIpc) is 2.83. The van der Waals surface area contributed by atoms with Crippen LogP contribution in [-0.2, 0) is 20.3 Å². The number of rotatable bonds is 12. The van der Waals surface area contributed by atoms with Crippen LogP contribution in [0.15, 0.2) is 23.8 Å². The van der Waals surface area contributed by atoms with E-state index in [-0.39, 0.29) is 47.9 Å². The van der Waals surface area contributed by atoms with Gasteiger partial charge in [0.25, 0.3) is 5.09 Å². The Labute approximate surface area is 203 Å². The minimum atomic E-state index is -3.89. The van der Waals surface area contributed by atoms with Crippen LogP contribution in [0.1, 0.15) is 63.5 Å². The Hall–Kier alpha value is -2.91. The molecule has 0 radical (unpaired) electrons. The molecule has 1 aromatic rings. The van der Waals surface area contributed by atoms with E-state index in [0.717, 1.165) is 37.0 Å². The van der Waals surface area contributed by atoms with E-state index in [1.807, 2.05) is 13.0 Å². The summed E-state index contributed by atoms with van der Waals surface area (Å²) >= 11 is 0. The van der Waals surface area contributed by atoms with Crippen molar-refractivity contribution in [1.82, 2.24) is 0 Å². The third-order valence-electron chi connectivity index (χ3n) is 7.43. The highest BCUT2D eigenvalue weighted by atomic mass is 19.3. The lowest BCUT2D eigenvalue weighted by Gasteiger charge is -2.59. The van der Waals surface area contributed by atoms with Crippen molar-refractivity contribution in [3.63, 3.8) is 0 Å². The van der Waals surface area contributed by atoms with E-state index in [9.17, 15) is 14.9 Å². The second-order valence-electron chi connectivity index (χ2n) is 9.69. The van der Waals surface area contributed by atoms with E-state index in [1.165, 1.54) is 14.2 Å². The largest absolute Gasteiger partial charge is 0.496 e. The van der Waals surface area contributed by atoms with Gasteiger partial charge in [0.15, 0.2) is 0 Å². The molecule has 0 aromatic heterocycles. The number of methoxy groups -OCH3 is 2. The molecule has 194 valence electrons. The van der Waals surface area contributed by atoms with E-state index >= 15 is 8.78 Å². The molecular weight excluding hydrogens is 464 g/mol. The second-order valence-corrected chi connectivity index (χ2v) is 9.69. The summed E-state index contributed by atoms with van der Waals surface area (Å²) in [5.41, 5.74) is 0.572. The Bertz CT molecular complexity index is 967. The Kier molecular flexibility index (Phi) is 7.91. The molecule has 3 aliphatic rings. The van der Waals surface area contributed by atoms with Crippen molar-refractivity contribution in [3.8, 4) is 11.5 Å². The maximum Gasteiger partial charge on any atom is 0.381 e. The van der Waals surface area contributed by atoms with Gasteiger partial charge in [0.2, 0.25) is 0 Å². The van der Waals surface area contributed by atoms with Gasteiger partial charge in [-0.2, -0.15) is 8.78 Å². The number of nitrogens with zero attached hydrogens (tertiary/aromatic N) is 1. The molecule has 1 fully saturated rings. The Morgan fingerprint density at radius 1 is 1.20 bits per heavy atom. The SMILES string of the molecule is CCCCCOC(=O)C(F)(F)c1cc(OC)c([C@H]2C=C(CO[N+](=O)[O-])[C@H]3C[C@H]2C3(C)C)c(OC)c1. The number of ether oxygens (including phenoxy) is 3. The molecule has 0 amide bonds. The Morgan fingerprint density at radius 2 is 1.83 bits per heavy atom. The summed E-state index contributed by atoms with van der Waals surface area (Å²) in [4.78, 5) is 27.6. The highest BCUT2D eigenvalue weighted by Crippen LogP contribution is 2.65. The number of carbonyl (C=O) groups excluding carboxylic acids is 1. The molecule has 0 saturated heterocycles. The van der Waals surface area contributed by atoms with Crippen LogP contribution < -0.4 is 9.47 Å². The van der Waals surface area contributed by atoms with E-state index < -0.39 is 22.5 Å². The number of alkyl halides is 2. The first kappa shape index (κ1) is 26.7. The third-order valence-corrected chi connectivity index (χ3v) is 7.43. The van der Waals surface area contributed by atoms with E-state index in [4.69, 9.17) is 14.2 Å². The molecule has 3 aliphatic carbocycles. The summed E-state index contributed by atoms with van der Waals surface area (Å²) < 4.78 is 45.9. The van der Waals surface area contributed by atoms with Crippen LogP contribution in [0.25, 0.3) is 0 Å². The van der Waals surface area contributed by atoms with Gasteiger partial charge in [-0.15, -0.1) is 10.1 Å². The van der Waals surface area contributed by atoms with Crippen molar-refractivity contribution in [2.24, 2.45) is 17.3 Å². The maximum atomic E-state index is 15.0. The summed E-state index contributed by atoms with van der Waals surface area (Å²) in [6, 6.07) is 2.29. The molecule has 2 bridgehead atoms. The van der Waals surface area contributed by atoms with Gasteiger partial charge < -0.3 is 19.0 Å². The Balaban J connectivity index is 1.98. The lowest BCUT2D eigenvalue weighted by molar-refractivity contribution is -0.756. The molecular formula is C25H33F2NO7. The van der Waals surface area contributed by atoms with Crippen LogP contribution in [0.4, 0.5) is 8.78 Å². The van der Waals surface area contributed by atoms with Crippen LogP contribution >= 0.6 is 0 Å². The molecule has 0 aliphatic heterocycles. The number of allylic oxidation sites excluding steroid dienone is 1. The summed E-state index contributed by atoms with van der Waals surface area (Å²) in [7, 11) is 2.72. The molecule has 3 atom stereocenters. The second kappa shape index (κ2) is 10.4. The van der Waals surface area contributed by atoms with E-state index in [2.05, 4.69) is 18.7 Å². The molecule has 0 unspecified atom stereocenters. The molecule has 0 spiro atoms. The van der Waals surface area contributed by atoms with Crippen molar-refractivity contribution in [2.45, 2.75) is 58.3 Å². The third kappa shape index (κ3) is 5.06. The molecule has 0 heterocycles. The number of carbonyl (C=O) groups is 1. The fourth-order valence-corrected chi connectivity index (χ4v) is 5.40. The van der Waals surface area contributed by atoms with Crippen LogP contribution in [-0.4, -0.2) is 38.5 Å². The van der Waals surface area contributed by atoms with Gasteiger partial charge in [-0.3, -0.25) is 0 Å². The van der Waals surface area contributed by atoms with Gasteiger partial charge >= 0.3 is 11.9 Å². The van der Waals surface area contributed by atoms with Crippen molar-refractivity contribution < 1.29 is 37.7 Å². The summed E-state index contributed by atoms with van der Waals surface area (Å²) in [5.74, 6) is -5.24. The van der Waals surface area contributed by atoms with Gasteiger partial charge in [0, 0.05) is 17.0 Å². The standard InChI is InChI=1S/C25H33F2NO7/c1-6-7-8-9-34-23(29)25(26,27)16-11-20(32-4)22(21(12-16)33-5)17-10-15(14-35-28(30)31)18-13-19(17)24(18,2)3/h10-12,17-19H,6-9,13-14H2,1-5H3/t17-,18+,19+/m0/s1. The van der Waals surface area contributed by atoms with Crippen LogP contribution in [0.5, 0.6) is 11.5 Å². The predicted molar refractivity (Wildman–Crippen MR) is 123 cm³/mol. The summed E-state index contributed by atoms with van der Waals surface area (Å²) in [6.45, 7) is 5.88. The fraction of sp³-hybridized carbons (Fsp3) is 0.640. The fourth-order valence-electron chi connectivity index (χ4n) is 5.40. The zero-order valence-corrected chi connectivity index (χ0v) is 20.8. The first-order valence-electron chi connectivity index (χ1n) is 11.8. The zero-order chi connectivity index (χ0) is 26.0. The molecule has 0 N–H and O–H groups in total. The number of esters is 1. The van der Waals surface area contributed by atoms with Gasteiger partial charge in [0.05, 0.1) is 20.8 Å². The number of unbranched alkanes of at least 4 members (excludes halogenated alkanes) is 2. The van der Waals surface area contributed by atoms with Crippen molar-refractivity contribution in [2.75, 3.05) is 27.4 Å². The molecule has 10 heteroatoms. The van der Waals surface area contributed by atoms with Crippen LogP contribution in [0.2, 0.25) is 0 Å². The molecule has 1 aromatic carbocycles. The highest BCUT2D eigenvalue weighted by Gasteiger charge is 2.56. The van der Waals surface area contributed by atoms with Crippen molar-refractivity contribution >= 4 is 5.97 Å². The summed E-state index contributed by atoms with van der Waals surface area (Å²) in [5, 5.41) is 9.94. The van der Waals surface area contributed by atoms with E-state index in [0.29, 0.717) is 12.0 Å². The molecule has 1 saturated carbocycles.